The van der Waals surface area contributed by atoms with E-state index in [1.807, 2.05) is 12.1 Å². The zero-order valence-electron chi connectivity index (χ0n) is 22.0. The molecule has 5 rings (SSSR count). The van der Waals surface area contributed by atoms with Crippen LogP contribution in [0.5, 0.6) is 5.75 Å². The number of aromatic nitrogens is 1. The number of pyridine rings is 1. The molecule has 2 aromatic rings. The first-order valence-electron chi connectivity index (χ1n) is 12.9. The number of aryl methyl sites for hydroxylation is 1. The van der Waals surface area contributed by atoms with Gasteiger partial charge in [-0.15, -0.1) is 0 Å². The topological polar surface area (TPSA) is 178 Å². The zero-order chi connectivity index (χ0) is 29.3. The Morgan fingerprint density at radius 1 is 0.976 bits per heavy atom. The molecular formula is C25H30ClN5O10. The molecule has 41 heavy (non-hydrogen) atoms. The largest absolute Gasteiger partial charge is 0.415 e. The minimum Gasteiger partial charge on any atom is -0.408 e. The molecule has 1 unspecified atom stereocenters. The standard InChI is InChI=1S/C25H30ClN5O10/c1-14-22(19-13-38-23(18(19)12-27-14)15-2-4-17(26)5-3-15)39-25(33)29-8-6-28(7-9-29)24(32)16-10-20(40-30(34)35)21(11-16)41-31(36)37/h2-5,12,16,20-21,23,34-37H,6-11,13H2,1H3/t16?,20-,21+,23-/m0/s1. The Morgan fingerprint density at radius 2 is 1.56 bits per heavy atom. The summed E-state index contributed by atoms with van der Waals surface area (Å²) < 4.78 is 11.8. The molecule has 1 aromatic carbocycles. The molecule has 0 radical (unpaired) electrons. The van der Waals surface area contributed by atoms with Gasteiger partial charge in [-0.2, -0.15) is 0 Å². The van der Waals surface area contributed by atoms with Crippen LogP contribution in [0.1, 0.15) is 41.3 Å². The number of benzene rings is 1. The number of piperazine rings is 1. The molecule has 2 amide bonds. The summed E-state index contributed by atoms with van der Waals surface area (Å²) in [5.41, 5.74) is 3.02. The molecule has 1 saturated carbocycles. The highest BCUT2D eigenvalue weighted by Crippen LogP contribution is 2.41. The highest BCUT2D eigenvalue weighted by atomic mass is 35.5. The summed E-state index contributed by atoms with van der Waals surface area (Å²) in [5.74, 6) is -0.541. The number of hydrogen-bond acceptors (Lipinski definition) is 13. The van der Waals surface area contributed by atoms with Crippen LogP contribution in [-0.2, 0) is 25.8 Å². The van der Waals surface area contributed by atoms with E-state index in [4.69, 9.17) is 51.6 Å². The molecule has 0 spiro atoms. The van der Waals surface area contributed by atoms with Gasteiger partial charge in [0.25, 0.3) is 0 Å². The lowest BCUT2D eigenvalue weighted by atomic mass is 10.0. The molecule has 222 valence electrons. The number of carbonyl (C=O) groups excluding carboxylic acids is 2. The fraction of sp³-hybridized carbons (Fsp3) is 0.480. The smallest absolute Gasteiger partial charge is 0.408 e. The van der Waals surface area contributed by atoms with E-state index in [2.05, 4.69) is 4.98 Å². The van der Waals surface area contributed by atoms with Crippen molar-refractivity contribution in [1.82, 2.24) is 25.6 Å². The normalized spacial score (nSPS) is 24.3. The van der Waals surface area contributed by atoms with Crippen molar-refractivity contribution in [2.45, 2.75) is 44.7 Å². The van der Waals surface area contributed by atoms with Gasteiger partial charge in [0.05, 0.1) is 23.1 Å². The molecule has 3 heterocycles. The molecule has 16 heteroatoms. The summed E-state index contributed by atoms with van der Waals surface area (Å²) in [6.45, 7) is 2.94. The predicted molar refractivity (Wildman–Crippen MR) is 135 cm³/mol. The zero-order valence-corrected chi connectivity index (χ0v) is 22.8. The molecule has 0 bridgehead atoms. The maximum Gasteiger partial charge on any atom is 0.415 e. The number of nitrogens with zero attached hydrogens (tertiary/aromatic N) is 5. The first-order chi connectivity index (χ1) is 19.6. The third-order valence-corrected chi connectivity index (χ3v) is 7.75. The summed E-state index contributed by atoms with van der Waals surface area (Å²) in [6.07, 6.45) is -1.16. The van der Waals surface area contributed by atoms with Gasteiger partial charge in [-0.05, 0) is 37.5 Å². The van der Waals surface area contributed by atoms with E-state index in [1.54, 1.807) is 30.2 Å². The molecule has 1 aromatic heterocycles. The minimum atomic E-state index is -1.02. The van der Waals surface area contributed by atoms with Crippen LogP contribution in [0, 0.1) is 12.8 Å². The van der Waals surface area contributed by atoms with Crippen LogP contribution in [0.15, 0.2) is 30.5 Å². The Bertz CT molecular complexity index is 1240. The second kappa shape index (κ2) is 12.5. The first kappa shape index (κ1) is 29.5. The van der Waals surface area contributed by atoms with E-state index in [0.29, 0.717) is 16.5 Å². The molecule has 2 aliphatic heterocycles. The Labute approximate surface area is 239 Å². The SMILES string of the molecule is Cc1ncc2c(c1OC(=O)N1CCN(C(=O)C3C[C@H](ON(O)O)[C@H](ON(O)O)C3)CC1)CO[C@H]2c1ccc(Cl)cc1. The number of ether oxygens (including phenoxy) is 2. The average Bonchev–Trinajstić information content (AvgIpc) is 3.54. The molecule has 4 atom stereocenters. The van der Waals surface area contributed by atoms with Crippen LogP contribution in [0.3, 0.4) is 0 Å². The summed E-state index contributed by atoms with van der Waals surface area (Å²) in [4.78, 5) is 43.3. The van der Waals surface area contributed by atoms with Crippen LogP contribution in [0.2, 0.25) is 5.02 Å². The third-order valence-electron chi connectivity index (χ3n) is 7.49. The van der Waals surface area contributed by atoms with Gasteiger partial charge in [0.15, 0.2) is 5.75 Å². The maximum atomic E-state index is 13.1. The van der Waals surface area contributed by atoms with Crippen LogP contribution in [0.25, 0.3) is 0 Å². The van der Waals surface area contributed by atoms with Crippen LogP contribution < -0.4 is 4.74 Å². The fourth-order valence-electron chi connectivity index (χ4n) is 5.48. The van der Waals surface area contributed by atoms with Crippen molar-refractivity contribution >= 4 is 23.6 Å². The van der Waals surface area contributed by atoms with Crippen LogP contribution in [0.4, 0.5) is 4.79 Å². The number of amides is 2. The van der Waals surface area contributed by atoms with Gasteiger partial charge in [0, 0.05) is 54.4 Å². The Balaban J connectivity index is 1.19. The molecule has 4 N–H and O–H groups in total. The number of carbonyl (C=O) groups is 2. The van der Waals surface area contributed by atoms with Crippen molar-refractivity contribution in [3.63, 3.8) is 0 Å². The van der Waals surface area contributed by atoms with Gasteiger partial charge in [-0.3, -0.25) is 30.6 Å². The third kappa shape index (κ3) is 6.60. The highest BCUT2D eigenvalue weighted by Gasteiger charge is 2.44. The van der Waals surface area contributed by atoms with E-state index < -0.39 is 35.0 Å². The predicted octanol–water partition coefficient (Wildman–Crippen LogP) is 2.48. The Kier molecular flexibility index (Phi) is 9.00. The van der Waals surface area contributed by atoms with E-state index in [-0.39, 0.29) is 57.6 Å². The lowest BCUT2D eigenvalue weighted by Gasteiger charge is -2.35. The lowest BCUT2D eigenvalue weighted by molar-refractivity contribution is -0.535. The number of fused-ring (bicyclic) bond motifs is 1. The molecule has 2 fully saturated rings. The molecule has 1 saturated heterocycles. The van der Waals surface area contributed by atoms with E-state index in [9.17, 15) is 9.59 Å². The first-order valence-corrected chi connectivity index (χ1v) is 13.3. The number of halogens is 1. The van der Waals surface area contributed by atoms with Gasteiger partial charge in [0.2, 0.25) is 5.91 Å². The van der Waals surface area contributed by atoms with Crippen LogP contribution >= 0.6 is 11.6 Å². The van der Waals surface area contributed by atoms with Crippen molar-refractivity contribution in [3.05, 3.63) is 57.9 Å². The van der Waals surface area contributed by atoms with E-state index >= 15 is 0 Å². The van der Waals surface area contributed by atoms with E-state index in [0.717, 1.165) is 16.7 Å². The van der Waals surface area contributed by atoms with Gasteiger partial charge in [-0.1, -0.05) is 23.7 Å². The van der Waals surface area contributed by atoms with Gasteiger partial charge in [-0.25, -0.2) is 14.5 Å². The molecule has 1 aliphatic carbocycles. The van der Waals surface area contributed by atoms with Crippen molar-refractivity contribution in [2.75, 3.05) is 26.2 Å². The second-order valence-electron chi connectivity index (χ2n) is 9.99. The maximum absolute atomic E-state index is 13.1. The quantitative estimate of drug-likeness (QED) is 0.343. The fourth-order valence-corrected chi connectivity index (χ4v) is 5.60. The summed E-state index contributed by atoms with van der Waals surface area (Å²) >= 11 is 6.02. The minimum absolute atomic E-state index is 0.0433. The number of hydrogen-bond donors (Lipinski definition) is 4. The van der Waals surface area contributed by atoms with Gasteiger partial charge >= 0.3 is 6.09 Å². The Hall–Kier alpha value is -2.96. The van der Waals surface area contributed by atoms with Gasteiger partial charge in [0.1, 0.15) is 18.3 Å². The van der Waals surface area contributed by atoms with Crippen LogP contribution in [-0.4, -0.2) is 96.8 Å². The lowest BCUT2D eigenvalue weighted by Crippen LogP contribution is -2.52. The van der Waals surface area contributed by atoms with E-state index in [1.165, 1.54) is 4.90 Å². The second-order valence-corrected chi connectivity index (χ2v) is 10.4. The van der Waals surface area contributed by atoms with Gasteiger partial charge < -0.3 is 19.3 Å². The van der Waals surface area contributed by atoms with Crippen molar-refractivity contribution in [3.8, 4) is 5.75 Å². The molecule has 3 aliphatic rings. The Morgan fingerprint density at radius 3 is 2.15 bits per heavy atom. The summed E-state index contributed by atoms with van der Waals surface area (Å²) in [7, 11) is 0. The molecular weight excluding hydrogens is 566 g/mol. The highest BCUT2D eigenvalue weighted by molar-refractivity contribution is 6.30. The summed E-state index contributed by atoms with van der Waals surface area (Å²) in [6, 6.07) is 7.32. The number of rotatable bonds is 7. The van der Waals surface area contributed by atoms with Crippen molar-refractivity contribution in [1.29, 1.82) is 0 Å². The monoisotopic (exact) mass is 595 g/mol. The average molecular weight is 596 g/mol. The molecule has 15 nitrogen and oxygen atoms in total. The van der Waals surface area contributed by atoms with Crippen molar-refractivity contribution in [2.24, 2.45) is 5.92 Å². The summed E-state index contributed by atoms with van der Waals surface area (Å²) in [5, 5.41) is 35.5. The van der Waals surface area contributed by atoms with Crippen molar-refractivity contribution < 1.29 is 49.6 Å².